The summed E-state index contributed by atoms with van der Waals surface area (Å²) in [6.45, 7) is 4.14. The molecule has 3 rings (SSSR count). The van der Waals surface area contributed by atoms with Gasteiger partial charge in [0.2, 0.25) is 5.91 Å². The maximum atomic E-state index is 13.7. The van der Waals surface area contributed by atoms with Gasteiger partial charge in [0.25, 0.3) is 10.1 Å². The molecule has 0 radical (unpaired) electrons. The Bertz CT molecular complexity index is 1440. The largest absolute Gasteiger partial charge is 0.423 e. The third-order valence-corrected chi connectivity index (χ3v) is 6.71. The fraction of sp³-hybridized carbons (Fsp3) is 0.440. The van der Waals surface area contributed by atoms with Gasteiger partial charge in [-0.15, -0.1) is 6.42 Å². The summed E-state index contributed by atoms with van der Waals surface area (Å²) in [5, 5.41) is 2.18. The Morgan fingerprint density at radius 3 is 2.54 bits per heavy atom. The Balaban J connectivity index is 2.01. The summed E-state index contributed by atoms with van der Waals surface area (Å²) >= 11 is 0. The molecule has 200 valence electrons. The van der Waals surface area contributed by atoms with Gasteiger partial charge in [-0.25, -0.2) is 4.79 Å². The van der Waals surface area contributed by atoms with Crippen molar-refractivity contribution in [3.05, 3.63) is 45.8 Å². The van der Waals surface area contributed by atoms with Gasteiger partial charge in [0.1, 0.15) is 11.3 Å². The molecule has 1 amide bonds. The molecule has 12 heteroatoms. The number of anilines is 1. The summed E-state index contributed by atoms with van der Waals surface area (Å²) in [5.74, 6) is 1.36. The minimum Gasteiger partial charge on any atom is -0.423 e. The summed E-state index contributed by atoms with van der Waals surface area (Å²) < 4.78 is 79.1. The summed E-state index contributed by atoms with van der Waals surface area (Å²) in [6.07, 6.45) is 4.00. The highest BCUT2D eigenvalue weighted by atomic mass is 32.2. The number of fused-ring (bicyclic) bond motifs is 2. The molecule has 0 aliphatic carbocycles. The first-order valence-electron chi connectivity index (χ1n) is 11.5. The Labute approximate surface area is 212 Å². The average Bonchev–Trinajstić information content (AvgIpc) is 2.75. The first-order valence-corrected chi connectivity index (χ1v) is 13.1. The number of carbonyl (C=O) groups excluding carboxylic acids is 1. The monoisotopic (exact) mass is 540 g/mol. The van der Waals surface area contributed by atoms with Crippen LogP contribution in [0.4, 0.5) is 18.9 Å². The summed E-state index contributed by atoms with van der Waals surface area (Å²) in [7, 11) is -4.50. The van der Waals surface area contributed by atoms with Gasteiger partial charge in [-0.1, -0.05) is 18.4 Å². The lowest BCUT2D eigenvalue weighted by atomic mass is 9.87. The third kappa shape index (κ3) is 6.93. The van der Waals surface area contributed by atoms with Crippen molar-refractivity contribution in [1.82, 2.24) is 5.32 Å². The number of rotatable bonds is 9. The van der Waals surface area contributed by atoms with E-state index in [-0.39, 0.29) is 35.6 Å². The average molecular weight is 541 g/mol. The van der Waals surface area contributed by atoms with Crippen LogP contribution in [0.3, 0.4) is 0 Å². The fourth-order valence-electron chi connectivity index (χ4n) is 4.50. The molecule has 0 fully saturated rings. The maximum absolute atomic E-state index is 13.7. The van der Waals surface area contributed by atoms with Crippen LogP contribution in [0.25, 0.3) is 16.5 Å². The van der Waals surface area contributed by atoms with Crippen LogP contribution in [0, 0.1) is 12.3 Å². The lowest BCUT2D eigenvalue weighted by Crippen LogP contribution is -2.46. The molecule has 0 bridgehead atoms. The normalized spacial score (nSPS) is 15.2. The van der Waals surface area contributed by atoms with E-state index < -0.39 is 44.2 Å². The molecule has 1 aliphatic heterocycles. The molecule has 2 N–H and O–H groups in total. The Kier molecular flexibility index (Phi) is 8.09. The fourth-order valence-corrected chi connectivity index (χ4v) is 5.13. The maximum Gasteiger partial charge on any atom is 0.417 e. The number of terminal acetylenes is 1. The van der Waals surface area contributed by atoms with E-state index in [1.807, 2.05) is 4.90 Å². The van der Waals surface area contributed by atoms with Crippen LogP contribution in [0.15, 0.2) is 33.5 Å². The van der Waals surface area contributed by atoms with E-state index in [0.717, 1.165) is 6.07 Å². The first kappa shape index (κ1) is 28.3. The summed E-state index contributed by atoms with van der Waals surface area (Å²) in [6, 6.07) is 2.80. The summed E-state index contributed by atoms with van der Waals surface area (Å²) in [4.78, 5) is 25.5. The first-order chi connectivity index (χ1) is 17.1. The van der Waals surface area contributed by atoms with Crippen molar-refractivity contribution in [2.75, 3.05) is 23.7 Å². The van der Waals surface area contributed by atoms with Crippen LogP contribution in [-0.4, -0.2) is 43.3 Å². The van der Waals surface area contributed by atoms with E-state index in [4.69, 9.17) is 10.8 Å². The number of nitrogens with zero attached hydrogens (tertiary/aromatic N) is 1. The van der Waals surface area contributed by atoms with E-state index in [1.54, 1.807) is 19.9 Å². The molecule has 8 nitrogen and oxygen atoms in total. The number of alkyl halides is 3. The van der Waals surface area contributed by atoms with E-state index in [0.29, 0.717) is 37.6 Å². The second-order valence-electron chi connectivity index (χ2n) is 9.34. The molecule has 1 aromatic heterocycles. The number of halogens is 3. The standard InChI is InChI=1S/C25H27F3N2O6S/c1-4-9-29-22(31)8-6-5-7-10-30-20-13-21-18(19(25(26,27)28)12-23(32)36-21)11-17(20)16(14-24(30,2)3)15-37(33,34)35/h1,11-14H,5-10,15H2,2-3H3,(H,29,31)(H,33,34,35). The predicted octanol–water partition coefficient (Wildman–Crippen LogP) is 3.99. The van der Waals surface area contributed by atoms with E-state index in [2.05, 4.69) is 11.2 Å². The molecular formula is C25H27F3N2O6S. The smallest absolute Gasteiger partial charge is 0.417 e. The topological polar surface area (TPSA) is 117 Å². The minimum absolute atomic E-state index is 0.130. The molecule has 2 aromatic rings. The van der Waals surface area contributed by atoms with Crippen molar-refractivity contribution in [2.45, 2.75) is 51.2 Å². The Morgan fingerprint density at radius 2 is 1.92 bits per heavy atom. The van der Waals surface area contributed by atoms with Gasteiger partial charge in [0.15, 0.2) is 0 Å². The molecule has 2 heterocycles. The van der Waals surface area contributed by atoms with Gasteiger partial charge in [0.05, 0.1) is 17.6 Å². The molecule has 0 saturated carbocycles. The van der Waals surface area contributed by atoms with Crippen molar-refractivity contribution in [2.24, 2.45) is 0 Å². The van der Waals surface area contributed by atoms with Crippen molar-refractivity contribution < 1.29 is 35.4 Å². The van der Waals surface area contributed by atoms with E-state index in [1.165, 1.54) is 6.07 Å². The molecular weight excluding hydrogens is 513 g/mol. The third-order valence-electron chi connectivity index (χ3n) is 6.04. The molecule has 0 atom stereocenters. The van der Waals surface area contributed by atoms with Gasteiger partial charge in [-0.05, 0) is 38.3 Å². The van der Waals surface area contributed by atoms with Gasteiger partial charge in [-0.3, -0.25) is 9.35 Å². The lowest BCUT2D eigenvalue weighted by Gasteiger charge is -2.44. The molecule has 0 unspecified atom stereocenters. The van der Waals surface area contributed by atoms with Crippen LogP contribution in [0.5, 0.6) is 0 Å². The van der Waals surface area contributed by atoms with E-state index >= 15 is 0 Å². The van der Waals surface area contributed by atoms with Gasteiger partial charge in [-0.2, -0.15) is 21.6 Å². The molecule has 1 aromatic carbocycles. The molecule has 0 saturated heterocycles. The van der Waals surface area contributed by atoms with Crippen molar-refractivity contribution in [3.8, 4) is 12.3 Å². The van der Waals surface area contributed by atoms with Crippen LogP contribution in [-0.2, 0) is 21.1 Å². The van der Waals surface area contributed by atoms with Crippen molar-refractivity contribution in [1.29, 1.82) is 0 Å². The Hall–Kier alpha value is -3.30. The number of carbonyl (C=O) groups is 1. The van der Waals surface area contributed by atoms with Gasteiger partial charge in [0, 0.05) is 41.7 Å². The number of hydrogen-bond acceptors (Lipinski definition) is 6. The number of nitrogens with one attached hydrogen (secondary N) is 1. The van der Waals surface area contributed by atoms with Crippen molar-refractivity contribution in [3.63, 3.8) is 0 Å². The molecule has 1 aliphatic rings. The minimum atomic E-state index is -4.85. The molecule has 0 spiro atoms. The van der Waals surface area contributed by atoms with Crippen LogP contribution < -0.4 is 15.8 Å². The second kappa shape index (κ2) is 10.6. The number of benzene rings is 1. The van der Waals surface area contributed by atoms with Crippen LogP contribution >= 0.6 is 0 Å². The van der Waals surface area contributed by atoms with Crippen molar-refractivity contribution >= 4 is 38.3 Å². The predicted molar refractivity (Wildman–Crippen MR) is 134 cm³/mol. The highest BCUT2D eigenvalue weighted by Crippen LogP contribution is 2.44. The summed E-state index contributed by atoms with van der Waals surface area (Å²) in [5.41, 5.74) is -2.79. The zero-order valence-corrected chi connectivity index (χ0v) is 21.1. The SMILES string of the molecule is C#CCNC(=O)CCCCCN1c2cc3oc(=O)cc(C(F)(F)F)c3cc2C(CS(=O)(=O)O)=CC1(C)C. The zero-order valence-electron chi connectivity index (χ0n) is 20.3. The van der Waals surface area contributed by atoms with E-state index in [9.17, 15) is 35.7 Å². The number of unbranched alkanes of at least 4 members (excludes halogenated alkanes) is 2. The quantitative estimate of drug-likeness (QED) is 0.214. The highest BCUT2D eigenvalue weighted by Gasteiger charge is 2.37. The highest BCUT2D eigenvalue weighted by molar-refractivity contribution is 7.86. The second-order valence-corrected chi connectivity index (χ2v) is 10.8. The number of hydrogen-bond donors (Lipinski definition) is 2. The lowest BCUT2D eigenvalue weighted by molar-refractivity contribution is -0.136. The Morgan fingerprint density at radius 1 is 1.22 bits per heavy atom. The van der Waals surface area contributed by atoms with Gasteiger partial charge < -0.3 is 14.6 Å². The number of amides is 1. The zero-order chi connectivity index (χ0) is 27.6. The van der Waals surface area contributed by atoms with Crippen LogP contribution in [0.1, 0.15) is 50.7 Å². The van der Waals surface area contributed by atoms with Gasteiger partial charge >= 0.3 is 11.8 Å². The molecule has 37 heavy (non-hydrogen) atoms. The van der Waals surface area contributed by atoms with Crippen LogP contribution in [0.2, 0.25) is 0 Å².